The second kappa shape index (κ2) is 6.01. The highest BCUT2D eigenvalue weighted by Gasteiger charge is 2.29. The van der Waals surface area contributed by atoms with Gasteiger partial charge in [-0.2, -0.15) is 5.10 Å². The molecule has 1 atom stereocenters. The molecule has 1 unspecified atom stereocenters. The summed E-state index contributed by atoms with van der Waals surface area (Å²) in [6.07, 6.45) is 2.55. The third-order valence-electron chi connectivity index (χ3n) is 4.52. The zero-order chi connectivity index (χ0) is 15.8. The number of morpholine rings is 1. The van der Waals surface area contributed by atoms with E-state index in [1.54, 1.807) is 0 Å². The second-order valence-electron chi connectivity index (χ2n) is 6.61. The van der Waals surface area contributed by atoms with Gasteiger partial charge in [-0.15, -0.1) is 5.10 Å². The Bertz CT molecular complexity index is 675. The third kappa shape index (κ3) is 3.28. The summed E-state index contributed by atoms with van der Waals surface area (Å²) >= 11 is 0. The molecule has 23 heavy (non-hydrogen) atoms. The molecule has 2 aliphatic rings. The van der Waals surface area contributed by atoms with E-state index in [2.05, 4.69) is 38.5 Å². The first-order valence-corrected chi connectivity index (χ1v) is 8.31. The first-order chi connectivity index (χ1) is 11.2. The summed E-state index contributed by atoms with van der Waals surface area (Å²) < 4.78 is 9.96. The summed E-state index contributed by atoms with van der Waals surface area (Å²) in [6.45, 7) is 8.25. The van der Waals surface area contributed by atoms with Gasteiger partial charge in [0.15, 0.2) is 5.82 Å². The van der Waals surface area contributed by atoms with Crippen LogP contribution in [0, 0.1) is 13.8 Å². The summed E-state index contributed by atoms with van der Waals surface area (Å²) in [4.78, 5) is 2.38. The van der Waals surface area contributed by atoms with Crippen molar-refractivity contribution in [1.82, 2.24) is 34.9 Å². The molecule has 4 rings (SSSR count). The fraction of sp³-hybridized carbons (Fsp3) is 0.733. The van der Waals surface area contributed by atoms with E-state index in [0.717, 1.165) is 44.3 Å². The van der Waals surface area contributed by atoms with Crippen molar-refractivity contribution in [1.29, 1.82) is 0 Å². The number of aromatic nitrogens is 6. The lowest BCUT2D eigenvalue weighted by Gasteiger charge is -2.32. The van der Waals surface area contributed by atoms with Gasteiger partial charge in [0.05, 0.1) is 37.5 Å². The Labute approximate surface area is 135 Å². The Morgan fingerprint density at radius 3 is 2.91 bits per heavy atom. The van der Waals surface area contributed by atoms with Crippen LogP contribution in [0.25, 0.3) is 0 Å². The zero-order valence-corrected chi connectivity index (χ0v) is 13.7. The van der Waals surface area contributed by atoms with Crippen LogP contribution in [0.15, 0.2) is 6.07 Å². The van der Waals surface area contributed by atoms with E-state index in [1.165, 1.54) is 18.5 Å². The largest absolute Gasteiger partial charge is 0.374 e. The number of hydrogen-bond acceptors (Lipinski definition) is 6. The van der Waals surface area contributed by atoms with Gasteiger partial charge in [-0.05, 0) is 43.2 Å². The van der Waals surface area contributed by atoms with Crippen LogP contribution in [0.4, 0.5) is 0 Å². The van der Waals surface area contributed by atoms with Crippen LogP contribution in [0.3, 0.4) is 0 Å². The van der Waals surface area contributed by atoms with Crippen LogP contribution < -0.4 is 0 Å². The second-order valence-corrected chi connectivity index (χ2v) is 6.61. The monoisotopic (exact) mass is 317 g/mol. The van der Waals surface area contributed by atoms with E-state index >= 15 is 0 Å². The molecule has 124 valence electrons. The molecule has 0 spiro atoms. The maximum atomic E-state index is 5.92. The molecule has 2 aromatic rings. The molecule has 1 aliphatic heterocycles. The molecule has 8 heteroatoms. The number of tetrazole rings is 1. The van der Waals surface area contributed by atoms with Gasteiger partial charge in [0.2, 0.25) is 0 Å². The number of hydrogen-bond donors (Lipinski definition) is 0. The van der Waals surface area contributed by atoms with Gasteiger partial charge in [-0.25, -0.2) is 4.68 Å². The minimum Gasteiger partial charge on any atom is -0.374 e. The van der Waals surface area contributed by atoms with Gasteiger partial charge in [-0.1, -0.05) is 0 Å². The van der Waals surface area contributed by atoms with Crippen LogP contribution in [-0.2, 0) is 17.8 Å². The van der Waals surface area contributed by atoms with Crippen LogP contribution in [0.1, 0.15) is 36.1 Å². The average Bonchev–Trinajstić information content (AvgIpc) is 3.18. The molecule has 2 aromatic heterocycles. The summed E-state index contributed by atoms with van der Waals surface area (Å²) in [5, 5.41) is 16.7. The smallest absolute Gasteiger partial charge is 0.165 e. The number of aryl methyl sites for hydroxylation is 2. The van der Waals surface area contributed by atoms with Gasteiger partial charge >= 0.3 is 0 Å². The maximum absolute atomic E-state index is 5.92. The van der Waals surface area contributed by atoms with Crippen molar-refractivity contribution in [2.24, 2.45) is 0 Å². The molecular formula is C15H23N7O. The summed E-state index contributed by atoms with van der Waals surface area (Å²) in [5.74, 6) is 0.972. The molecule has 0 aromatic carbocycles. The van der Waals surface area contributed by atoms with E-state index < -0.39 is 0 Å². The highest BCUT2D eigenvalue weighted by Crippen LogP contribution is 2.34. The van der Waals surface area contributed by atoms with Crippen LogP contribution >= 0.6 is 0 Å². The van der Waals surface area contributed by atoms with E-state index in [0.29, 0.717) is 6.04 Å². The van der Waals surface area contributed by atoms with Gasteiger partial charge in [-0.3, -0.25) is 9.58 Å². The quantitative estimate of drug-likeness (QED) is 0.809. The SMILES string of the molecule is Cc1cc(C)n(CC2CN(Cc3nnnn3C3CC3)CCO2)n1. The van der Waals surface area contributed by atoms with E-state index in [1.807, 2.05) is 16.3 Å². The predicted molar refractivity (Wildman–Crippen MR) is 82.8 cm³/mol. The van der Waals surface area contributed by atoms with Crippen molar-refractivity contribution >= 4 is 0 Å². The number of ether oxygens (including phenoxy) is 1. The molecule has 1 aliphatic carbocycles. The van der Waals surface area contributed by atoms with Crippen LogP contribution in [-0.4, -0.2) is 60.7 Å². The molecule has 8 nitrogen and oxygen atoms in total. The van der Waals surface area contributed by atoms with Crippen LogP contribution in [0.5, 0.6) is 0 Å². The molecule has 1 saturated carbocycles. The maximum Gasteiger partial charge on any atom is 0.165 e. The molecular weight excluding hydrogens is 294 g/mol. The molecule has 0 N–H and O–H groups in total. The van der Waals surface area contributed by atoms with Crippen molar-refractivity contribution in [2.45, 2.75) is 51.9 Å². The Balaban J connectivity index is 1.38. The summed E-state index contributed by atoms with van der Waals surface area (Å²) in [5.41, 5.74) is 2.24. The third-order valence-corrected chi connectivity index (χ3v) is 4.52. The fourth-order valence-electron chi connectivity index (χ4n) is 3.21. The summed E-state index contributed by atoms with van der Waals surface area (Å²) in [7, 11) is 0. The van der Waals surface area contributed by atoms with Gasteiger partial charge in [0.25, 0.3) is 0 Å². The zero-order valence-electron chi connectivity index (χ0n) is 13.7. The first-order valence-electron chi connectivity index (χ1n) is 8.31. The Hall–Kier alpha value is -1.80. The predicted octanol–water partition coefficient (Wildman–Crippen LogP) is 0.722. The molecule has 0 bridgehead atoms. The molecule has 1 saturated heterocycles. The minimum atomic E-state index is 0.159. The Morgan fingerprint density at radius 1 is 1.30 bits per heavy atom. The fourth-order valence-corrected chi connectivity index (χ4v) is 3.21. The van der Waals surface area contributed by atoms with Gasteiger partial charge in [0, 0.05) is 18.8 Å². The lowest BCUT2D eigenvalue weighted by Crippen LogP contribution is -2.44. The standard InChI is InChI=1S/C15H23N7O/c1-11-7-12(2)21(17-11)9-14-8-20(5-6-23-14)10-15-16-18-19-22(15)13-3-4-13/h7,13-14H,3-6,8-10H2,1-2H3. The van der Waals surface area contributed by atoms with E-state index in [9.17, 15) is 0 Å². The first kappa shape index (κ1) is 14.8. The van der Waals surface area contributed by atoms with E-state index in [-0.39, 0.29) is 6.10 Å². The lowest BCUT2D eigenvalue weighted by molar-refractivity contribution is -0.0415. The lowest BCUT2D eigenvalue weighted by atomic mass is 10.2. The van der Waals surface area contributed by atoms with Crippen molar-refractivity contribution in [3.63, 3.8) is 0 Å². The minimum absolute atomic E-state index is 0.159. The number of nitrogens with zero attached hydrogens (tertiary/aromatic N) is 7. The van der Waals surface area contributed by atoms with E-state index in [4.69, 9.17) is 4.74 Å². The van der Waals surface area contributed by atoms with Crippen LogP contribution in [0.2, 0.25) is 0 Å². The Kier molecular flexibility index (Phi) is 3.86. The molecule has 3 heterocycles. The molecule has 0 amide bonds. The van der Waals surface area contributed by atoms with Crippen molar-refractivity contribution in [3.8, 4) is 0 Å². The van der Waals surface area contributed by atoms with Gasteiger partial charge in [0.1, 0.15) is 0 Å². The summed E-state index contributed by atoms with van der Waals surface area (Å²) in [6, 6.07) is 2.62. The number of rotatable bonds is 5. The highest BCUT2D eigenvalue weighted by molar-refractivity contribution is 5.06. The van der Waals surface area contributed by atoms with Gasteiger partial charge < -0.3 is 4.74 Å². The molecule has 0 radical (unpaired) electrons. The topological polar surface area (TPSA) is 73.9 Å². The molecule has 2 fully saturated rings. The Morgan fingerprint density at radius 2 is 2.17 bits per heavy atom. The van der Waals surface area contributed by atoms with Crippen molar-refractivity contribution < 1.29 is 4.74 Å². The highest BCUT2D eigenvalue weighted by atomic mass is 16.5. The van der Waals surface area contributed by atoms with Crippen molar-refractivity contribution in [3.05, 3.63) is 23.3 Å². The normalized spacial score (nSPS) is 22.6. The average molecular weight is 317 g/mol. The van der Waals surface area contributed by atoms with Crippen molar-refractivity contribution in [2.75, 3.05) is 19.7 Å².